The van der Waals surface area contributed by atoms with E-state index < -0.39 is 4.92 Å². The largest absolute Gasteiger partial charge is 0.485 e. The van der Waals surface area contributed by atoms with Crippen LogP contribution in [0.2, 0.25) is 5.15 Å². The molecule has 0 atom stereocenters. The molecular weight excluding hydrogens is 415 g/mol. The molecule has 2 aromatic rings. The number of ether oxygens (including phenoxy) is 1. The summed E-state index contributed by atoms with van der Waals surface area (Å²) in [6.07, 6.45) is 0. The second-order valence-corrected chi connectivity index (χ2v) is 5.83. The number of aromatic nitrogens is 1. The summed E-state index contributed by atoms with van der Waals surface area (Å²) in [6, 6.07) is 7.98. The van der Waals surface area contributed by atoms with Crippen molar-refractivity contribution in [2.45, 2.75) is 6.61 Å². The van der Waals surface area contributed by atoms with Crippen LogP contribution < -0.4 is 4.74 Å². The third kappa shape index (κ3) is 3.68. The van der Waals surface area contributed by atoms with Crippen LogP contribution in [0.15, 0.2) is 39.3 Å². The maximum atomic E-state index is 10.7. The van der Waals surface area contributed by atoms with Gasteiger partial charge in [-0.2, -0.15) is 0 Å². The number of non-ortho nitro benzene ring substituents is 1. The van der Waals surface area contributed by atoms with E-state index in [9.17, 15) is 10.1 Å². The molecule has 0 N–H and O–H groups in total. The monoisotopic (exact) mass is 420 g/mol. The van der Waals surface area contributed by atoms with Crippen molar-refractivity contribution in [2.75, 3.05) is 0 Å². The Bertz CT molecular complexity index is 644. The number of nitro groups is 1. The van der Waals surface area contributed by atoms with Crippen molar-refractivity contribution in [3.63, 3.8) is 0 Å². The zero-order valence-corrected chi connectivity index (χ0v) is 13.8. The summed E-state index contributed by atoms with van der Waals surface area (Å²) in [5, 5.41) is 11.1. The third-order valence-corrected chi connectivity index (χ3v) is 3.72. The molecule has 0 bridgehead atoms. The number of halogens is 3. The van der Waals surface area contributed by atoms with Gasteiger partial charge < -0.3 is 4.74 Å². The van der Waals surface area contributed by atoms with Crippen LogP contribution in [0.25, 0.3) is 0 Å². The second kappa shape index (κ2) is 6.51. The maximum Gasteiger partial charge on any atom is 0.271 e. The van der Waals surface area contributed by atoms with E-state index >= 15 is 0 Å². The lowest BCUT2D eigenvalue weighted by Crippen LogP contribution is -2.00. The second-order valence-electron chi connectivity index (χ2n) is 3.74. The van der Waals surface area contributed by atoms with E-state index in [2.05, 4.69) is 36.8 Å². The number of benzene rings is 1. The van der Waals surface area contributed by atoms with E-state index in [1.807, 2.05) is 0 Å². The minimum atomic E-state index is -0.474. The van der Waals surface area contributed by atoms with E-state index in [4.69, 9.17) is 16.3 Å². The molecule has 1 aromatic carbocycles. The average molecular weight is 422 g/mol. The standard InChI is InChI=1S/C12H7Br2ClN2O3/c13-9-4-8(17(18)19)5-10(14)12(9)20-6-7-2-1-3-11(15)16-7/h1-5H,6H2. The number of rotatable bonds is 4. The van der Waals surface area contributed by atoms with Gasteiger partial charge >= 0.3 is 0 Å². The maximum absolute atomic E-state index is 10.7. The minimum Gasteiger partial charge on any atom is -0.485 e. The molecule has 0 spiro atoms. The van der Waals surface area contributed by atoms with Gasteiger partial charge in [0, 0.05) is 12.1 Å². The lowest BCUT2D eigenvalue weighted by atomic mass is 10.3. The summed E-state index contributed by atoms with van der Waals surface area (Å²) in [6.45, 7) is 0.204. The molecule has 1 aromatic heterocycles. The van der Waals surface area contributed by atoms with E-state index in [0.29, 0.717) is 25.5 Å². The van der Waals surface area contributed by atoms with Crippen molar-refractivity contribution < 1.29 is 9.66 Å². The van der Waals surface area contributed by atoms with Crippen LogP contribution >= 0.6 is 43.5 Å². The first kappa shape index (κ1) is 15.2. The van der Waals surface area contributed by atoms with E-state index in [-0.39, 0.29) is 12.3 Å². The molecule has 0 aliphatic heterocycles. The molecule has 8 heteroatoms. The van der Waals surface area contributed by atoms with Crippen LogP contribution in [0.3, 0.4) is 0 Å². The molecule has 0 aliphatic rings. The number of nitrogens with zero attached hydrogens (tertiary/aromatic N) is 2. The zero-order chi connectivity index (χ0) is 14.7. The van der Waals surface area contributed by atoms with E-state index in [1.54, 1.807) is 18.2 Å². The highest BCUT2D eigenvalue weighted by Crippen LogP contribution is 2.37. The van der Waals surface area contributed by atoms with Crippen molar-refractivity contribution in [3.8, 4) is 5.75 Å². The third-order valence-electron chi connectivity index (χ3n) is 2.33. The summed E-state index contributed by atoms with van der Waals surface area (Å²) in [7, 11) is 0. The van der Waals surface area contributed by atoms with Crippen molar-refractivity contribution in [1.29, 1.82) is 0 Å². The fraction of sp³-hybridized carbons (Fsp3) is 0.0833. The van der Waals surface area contributed by atoms with Gasteiger partial charge in [-0.05, 0) is 44.0 Å². The quantitative estimate of drug-likeness (QED) is 0.405. The Morgan fingerprint density at radius 2 is 1.95 bits per heavy atom. The molecular formula is C12H7Br2ClN2O3. The van der Waals surface area contributed by atoms with E-state index in [0.717, 1.165) is 0 Å². The van der Waals surface area contributed by atoms with Crippen LogP contribution in [0.5, 0.6) is 5.75 Å². The van der Waals surface area contributed by atoms with Crippen LogP contribution in [0.4, 0.5) is 5.69 Å². The Labute approximate surface area is 136 Å². The summed E-state index contributed by atoms with van der Waals surface area (Å²) in [5.74, 6) is 0.470. The number of nitro benzene ring substituents is 1. The van der Waals surface area contributed by atoms with Crippen LogP contribution in [-0.2, 0) is 6.61 Å². The Morgan fingerprint density at radius 1 is 1.30 bits per heavy atom. The van der Waals surface area contributed by atoms with Crippen LogP contribution in [-0.4, -0.2) is 9.91 Å². The first-order chi connectivity index (χ1) is 9.47. The van der Waals surface area contributed by atoms with Gasteiger partial charge in [0.25, 0.3) is 5.69 Å². The van der Waals surface area contributed by atoms with Crippen molar-refractivity contribution in [2.24, 2.45) is 0 Å². The van der Waals surface area contributed by atoms with Crippen molar-refractivity contribution >= 4 is 49.1 Å². The molecule has 20 heavy (non-hydrogen) atoms. The molecule has 0 amide bonds. The molecule has 0 saturated heterocycles. The Hall–Kier alpha value is -1.18. The van der Waals surface area contributed by atoms with Crippen molar-refractivity contribution in [1.82, 2.24) is 4.98 Å². The van der Waals surface area contributed by atoms with Gasteiger partial charge in [0.05, 0.1) is 19.6 Å². The zero-order valence-electron chi connectivity index (χ0n) is 9.85. The van der Waals surface area contributed by atoms with Gasteiger partial charge in [0.15, 0.2) is 0 Å². The minimum absolute atomic E-state index is 0.0306. The predicted molar refractivity (Wildman–Crippen MR) is 82.1 cm³/mol. The van der Waals surface area contributed by atoms with Crippen molar-refractivity contribution in [3.05, 3.63) is 60.2 Å². The molecule has 104 valence electrons. The lowest BCUT2D eigenvalue weighted by molar-refractivity contribution is -0.385. The van der Waals surface area contributed by atoms with Crippen LogP contribution in [0.1, 0.15) is 5.69 Å². The van der Waals surface area contributed by atoms with Gasteiger partial charge in [0.2, 0.25) is 0 Å². The summed E-state index contributed by atoms with van der Waals surface area (Å²) in [4.78, 5) is 14.4. The Morgan fingerprint density at radius 3 is 2.50 bits per heavy atom. The first-order valence-electron chi connectivity index (χ1n) is 5.35. The van der Waals surface area contributed by atoms with Gasteiger partial charge in [-0.1, -0.05) is 17.7 Å². The van der Waals surface area contributed by atoms with Gasteiger partial charge in [-0.3, -0.25) is 10.1 Å². The topological polar surface area (TPSA) is 65.3 Å². The normalized spacial score (nSPS) is 10.3. The molecule has 2 rings (SSSR count). The average Bonchev–Trinajstić information content (AvgIpc) is 2.37. The van der Waals surface area contributed by atoms with Gasteiger partial charge in [-0.25, -0.2) is 4.98 Å². The first-order valence-corrected chi connectivity index (χ1v) is 7.31. The molecule has 0 unspecified atom stereocenters. The smallest absolute Gasteiger partial charge is 0.271 e. The fourth-order valence-corrected chi connectivity index (χ4v) is 3.04. The highest BCUT2D eigenvalue weighted by Gasteiger charge is 2.15. The Balaban J connectivity index is 2.20. The molecule has 0 aliphatic carbocycles. The fourth-order valence-electron chi connectivity index (χ4n) is 1.47. The number of pyridine rings is 1. The Kier molecular flexibility index (Phi) is 4.95. The molecule has 0 fully saturated rings. The molecule has 1 heterocycles. The predicted octanol–water partition coefficient (Wildman–Crippen LogP) is 4.75. The number of hydrogen-bond acceptors (Lipinski definition) is 4. The lowest BCUT2D eigenvalue weighted by Gasteiger charge is -2.10. The number of hydrogen-bond donors (Lipinski definition) is 0. The molecule has 0 saturated carbocycles. The highest BCUT2D eigenvalue weighted by atomic mass is 79.9. The molecule has 0 radical (unpaired) electrons. The highest BCUT2D eigenvalue weighted by molar-refractivity contribution is 9.11. The summed E-state index contributed by atoms with van der Waals surface area (Å²) in [5.41, 5.74) is 0.631. The SMILES string of the molecule is O=[N+]([O-])c1cc(Br)c(OCc2cccc(Cl)n2)c(Br)c1. The van der Waals surface area contributed by atoms with E-state index in [1.165, 1.54) is 12.1 Å². The van der Waals surface area contributed by atoms with Crippen LogP contribution in [0, 0.1) is 10.1 Å². The molecule has 5 nitrogen and oxygen atoms in total. The van der Waals surface area contributed by atoms with Gasteiger partial charge in [-0.15, -0.1) is 0 Å². The van der Waals surface area contributed by atoms with Gasteiger partial charge in [0.1, 0.15) is 17.5 Å². The summed E-state index contributed by atoms with van der Waals surface area (Å²) < 4.78 is 6.58. The summed E-state index contributed by atoms with van der Waals surface area (Å²) >= 11 is 12.3.